The van der Waals surface area contributed by atoms with E-state index in [1.165, 1.54) is 44.5 Å². The second-order valence-corrected chi connectivity index (χ2v) is 5.54. The Kier molecular flexibility index (Phi) is 5.20. The van der Waals surface area contributed by atoms with Crippen molar-refractivity contribution in [1.29, 1.82) is 0 Å². The standard InChI is InChI=1S/C14H26N4/c1-13-5-3-4-7-18(13)10-9-17(2)8-6-14-11-15-16-12-14/h11-13H,3-10H2,1-2H3,(H,15,16)/t13-/m0/s1. The van der Waals surface area contributed by atoms with Gasteiger partial charge in [-0.3, -0.25) is 10.00 Å². The van der Waals surface area contributed by atoms with Gasteiger partial charge in [-0.05, 0) is 45.3 Å². The molecule has 1 aromatic heterocycles. The first-order valence-electron chi connectivity index (χ1n) is 7.16. The molecule has 0 saturated carbocycles. The van der Waals surface area contributed by atoms with E-state index in [2.05, 4.69) is 34.0 Å². The van der Waals surface area contributed by atoms with Crippen molar-refractivity contribution in [3.05, 3.63) is 18.0 Å². The van der Waals surface area contributed by atoms with Crippen LogP contribution in [0.4, 0.5) is 0 Å². The smallest absolute Gasteiger partial charge is 0.0519 e. The maximum Gasteiger partial charge on any atom is 0.0519 e. The zero-order valence-corrected chi connectivity index (χ0v) is 11.7. The number of aromatic amines is 1. The van der Waals surface area contributed by atoms with Gasteiger partial charge in [-0.2, -0.15) is 5.10 Å². The molecule has 0 amide bonds. The molecule has 0 aliphatic carbocycles. The number of nitrogens with one attached hydrogen (secondary N) is 1. The Labute approximate surface area is 110 Å². The van der Waals surface area contributed by atoms with Crippen LogP contribution in [0.25, 0.3) is 0 Å². The number of nitrogens with zero attached hydrogens (tertiary/aromatic N) is 3. The monoisotopic (exact) mass is 250 g/mol. The van der Waals surface area contributed by atoms with Crippen LogP contribution in [0.1, 0.15) is 31.7 Å². The maximum absolute atomic E-state index is 3.98. The van der Waals surface area contributed by atoms with Crippen LogP contribution in [0.15, 0.2) is 12.4 Å². The van der Waals surface area contributed by atoms with E-state index in [9.17, 15) is 0 Å². The molecule has 1 aliphatic rings. The van der Waals surface area contributed by atoms with Gasteiger partial charge in [0.25, 0.3) is 0 Å². The average molecular weight is 250 g/mol. The molecule has 1 saturated heterocycles. The number of likely N-dealkylation sites (tertiary alicyclic amines) is 1. The zero-order chi connectivity index (χ0) is 12.8. The first-order valence-corrected chi connectivity index (χ1v) is 7.16. The third-order valence-electron chi connectivity index (χ3n) is 4.05. The summed E-state index contributed by atoms with van der Waals surface area (Å²) < 4.78 is 0. The minimum atomic E-state index is 0.779. The number of piperidine rings is 1. The highest BCUT2D eigenvalue weighted by Gasteiger charge is 2.17. The van der Waals surface area contributed by atoms with E-state index < -0.39 is 0 Å². The van der Waals surface area contributed by atoms with Crippen molar-refractivity contribution in [3.63, 3.8) is 0 Å². The molecule has 102 valence electrons. The molecule has 0 bridgehead atoms. The van der Waals surface area contributed by atoms with E-state index in [4.69, 9.17) is 0 Å². The molecule has 1 aliphatic heterocycles. The molecule has 1 N–H and O–H groups in total. The third kappa shape index (κ3) is 4.10. The molecule has 4 heteroatoms. The van der Waals surface area contributed by atoms with Gasteiger partial charge in [0.2, 0.25) is 0 Å². The first kappa shape index (κ1) is 13.6. The number of hydrogen-bond donors (Lipinski definition) is 1. The van der Waals surface area contributed by atoms with Gasteiger partial charge in [0.05, 0.1) is 6.20 Å². The van der Waals surface area contributed by atoms with Gasteiger partial charge in [-0.1, -0.05) is 6.42 Å². The zero-order valence-electron chi connectivity index (χ0n) is 11.7. The minimum Gasteiger partial charge on any atom is -0.305 e. The van der Waals surface area contributed by atoms with Crippen molar-refractivity contribution in [2.45, 2.75) is 38.6 Å². The lowest BCUT2D eigenvalue weighted by Crippen LogP contribution is -2.42. The Morgan fingerprint density at radius 1 is 1.44 bits per heavy atom. The summed E-state index contributed by atoms with van der Waals surface area (Å²) in [7, 11) is 2.22. The van der Waals surface area contributed by atoms with Crippen LogP contribution < -0.4 is 0 Å². The molecular weight excluding hydrogens is 224 g/mol. The fourth-order valence-corrected chi connectivity index (χ4v) is 2.64. The summed E-state index contributed by atoms with van der Waals surface area (Å²) in [6.45, 7) is 7.15. The van der Waals surface area contributed by atoms with Crippen molar-refractivity contribution in [3.8, 4) is 0 Å². The topological polar surface area (TPSA) is 35.2 Å². The molecule has 4 nitrogen and oxygen atoms in total. The van der Waals surface area contributed by atoms with Gasteiger partial charge in [0, 0.05) is 31.9 Å². The van der Waals surface area contributed by atoms with Gasteiger partial charge in [-0.25, -0.2) is 0 Å². The quantitative estimate of drug-likeness (QED) is 0.835. The fraction of sp³-hybridized carbons (Fsp3) is 0.786. The summed E-state index contributed by atoms with van der Waals surface area (Å²) in [6.07, 6.45) is 9.15. The van der Waals surface area contributed by atoms with Crippen LogP contribution in [0.3, 0.4) is 0 Å². The molecular formula is C14H26N4. The fourth-order valence-electron chi connectivity index (χ4n) is 2.64. The largest absolute Gasteiger partial charge is 0.305 e. The molecule has 1 fully saturated rings. The second-order valence-electron chi connectivity index (χ2n) is 5.54. The Morgan fingerprint density at radius 3 is 3.06 bits per heavy atom. The van der Waals surface area contributed by atoms with Crippen LogP contribution >= 0.6 is 0 Å². The summed E-state index contributed by atoms with van der Waals surface area (Å²) >= 11 is 0. The highest BCUT2D eigenvalue weighted by atomic mass is 15.2. The molecule has 2 rings (SSSR count). The summed E-state index contributed by atoms with van der Waals surface area (Å²) in [5.41, 5.74) is 1.30. The number of rotatable bonds is 6. The van der Waals surface area contributed by atoms with Crippen LogP contribution in [0.5, 0.6) is 0 Å². The summed E-state index contributed by atoms with van der Waals surface area (Å²) in [6, 6.07) is 0.779. The Morgan fingerprint density at radius 2 is 2.33 bits per heavy atom. The number of likely N-dealkylation sites (N-methyl/N-ethyl adjacent to an activating group) is 1. The molecule has 0 spiro atoms. The number of H-pyrrole nitrogens is 1. The van der Waals surface area contributed by atoms with Crippen molar-refractivity contribution in [2.24, 2.45) is 0 Å². The van der Waals surface area contributed by atoms with E-state index in [-0.39, 0.29) is 0 Å². The molecule has 0 radical (unpaired) electrons. The Bertz CT molecular complexity index is 323. The summed E-state index contributed by atoms with van der Waals surface area (Å²) in [5.74, 6) is 0. The molecule has 1 aromatic rings. The predicted octanol–water partition coefficient (Wildman–Crippen LogP) is 1.76. The predicted molar refractivity (Wildman–Crippen MR) is 74.7 cm³/mol. The lowest BCUT2D eigenvalue weighted by atomic mass is 10.0. The van der Waals surface area contributed by atoms with Gasteiger partial charge < -0.3 is 4.90 Å². The van der Waals surface area contributed by atoms with Crippen molar-refractivity contribution in [1.82, 2.24) is 20.0 Å². The van der Waals surface area contributed by atoms with Gasteiger partial charge >= 0.3 is 0 Å². The SMILES string of the molecule is C[C@H]1CCCCN1CCN(C)CCc1cn[nH]c1. The normalized spacial score (nSPS) is 21.6. The van der Waals surface area contributed by atoms with E-state index in [1.54, 1.807) is 0 Å². The third-order valence-corrected chi connectivity index (χ3v) is 4.05. The lowest BCUT2D eigenvalue weighted by molar-refractivity contribution is 0.142. The lowest BCUT2D eigenvalue weighted by Gasteiger charge is -2.34. The highest BCUT2D eigenvalue weighted by molar-refractivity contribution is 5.02. The first-order chi connectivity index (χ1) is 8.75. The minimum absolute atomic E-state index is 0.779. The van der Waals surface area contributed by atoms with Crippen LogP contribution in [-0.2, 0) is 6.42 Å². The second kappa shape index (κ2) is 6.90. The average Bonchev–Trinajstić information content (AvgIpc) is 2.88. The van der Waals surface area contributed by atoms with E-state index in [0.717, 1.165) is 19.0 Å². The molecule has 2 heterocycles. The van der Waals surface area contributed by atoms with E-state index in [0.29, 0.717) is 0 Å². The van der Waals surface area contributed by atoms with Crippen LogP contribution in [-0.4, -0.2) is 59.3 Å². The van der Waals surface area contributed by atoms with Crippen molar-refractivity contribution in [2.75, 3.05) is 33.2 Å². The van der Waals surface area contributed by atoms with Gasteiger partial charge in [0.1, 0.15) is 0 Å². The number of aromatic nitrogens is 2. The van der Waals surface area contributed by atoms with Crippen molar-refractivity contribution >= 4 is 0 Å². The van der Waals surface area contributed by atoms with Crippen LogP contribution in [0, 0.1) is 0 Å². The van der Waals surface area contributed by atoms with E-state index in [1.807, 2.05) is 12.4 Å². The molecule has 0 aromatic carbocycles. The Hall–Kier alpha value is -0.870. The van der Waals surface area contributed by atoms with Gasteiger partial charge in [0.15, 0.2) is 0 Å². The molecule has 0 unspecified atom stereocenters. The molecule has 18 heavy (non-hydrogen) atoms. The molecule has 1 atom stereocenters. The highest BCUT2D eigenvalue weighted by Crippen LogP contribution is 2.15. The Balaban J connectivity index is 1.63. The van der Waals surface area contributed by atoms with Crippen LogP contribution in [0.2, 0.25) is 0 Å². The van der Waals surface area contributed by atoms with Crippen molar-refractivity contribution < 1.29 is 0 Å². The van der Waals surface area contributed by atoms with E-state index >= 15 is 0 Å². The number of hydrogen-bond acceptors (Lipinski definition) is 3. The van der Waals surface area contributed by atoms with Gasteiger partial charge in [-0.15, -0.1) is 0 Å². The summed E-state index contributed by atoms with van der Waals surface area (Å²) in [4.78, 5) is 5.06. The summed E-state index contributed by atoms with van der Waals surface area (Å²) in [5, 5.41) is 6.84. The maximum atomic E-state index is 3.98.